The molecule has 0 fully saturated rings. The molecule has 0 saturated carbocycles. The molecule has 6 heteroatoms. The highest BCUT2D eigenvalue weighted by atomic mass is 16.6. The summed E-state index contributed by atoms with van der Waals surface area (Å²) in [6.07, 6.45) is 1.73. The molecule has 2 N–H and O–H groups in total. The van der Waals surface area contributed by atoms with E-state index in [1.54, 1.807) is 10.6 Å². The van der Waals surface area contributed by atoms with Gasteiger partial charge in [-0.1, -0.05) is 6.07 Å². The topological polar surface area (TPSA) is 86.5 Å². The van der Waals surface area contributed by atoms with E-state index in [1.165, 1.54) is 0 Å². The minimum atomic E-state index is -0.485. The van der Waals surface area contributed by atoms with Crippen LogP contribution in [-0.2, 0) is 6.54 Å². The largest absolute Gasteiger partial charge is 0.390 e. The van der Waals surface area contributed by atoms with Crippen molar-refractivity contribution in [2.24, 2.45) is 5.73 Å². The number of rotatable bonds is 2. The first-order valence-electron chi connectivity index (χ1n) is 4.46. The fraction of sp³-hybridized carbons (Fsp3) is 0.222. The molecule has 0 unspecified atom stereocenters. The summed E-state index contributed by atoms with van der Waals surface area (Å²) >= 11 is 0. The summed E-state index contributed by atoms with van der Waals surface area (Å²) in [5.41, 5.74) is 6.81. The number of imidazole rings is 1. The number of nitrogens with two attached hydrogens (primary N) is 1. The second-order valence-electron chi connectivity index (χ2n) is 3.22. The van der Waals surface area contributed by atoms with E-state index in [2.05, 4.69) is 4.98 Å². The van der Waals surface area contributed by atoms with E-state index in [9.17, 15) is 10.1 Å². The van der Waals surface area contributed by atoms with Crippen molar-refractivity contribution >= 4 is 11.3 Å². The standard InChI is InChI=1S/C9H10N4O2/c1-6-3-2-4-12-7(5-10)11-9(8(6)12)13(14)15/h2-4H,5,10H2,1H3. The Hall–Kier alpha value is -1.95. The summed E-state index contributed by atoms with van der Waals surface area (Å²) in [4.78, 5) is 14.2. The first kappa shape index (κ1) is 9.60. The van der Waals surface area contributed by atoms with Crippen molar-refractivity contribution in [2.45, 2.75) is 13.5 Å². The Bertz CT molecular complexity index is 532. The Kier molecular flexibility index (Phi) is 2.12. The van der Waals surface area contributed by atoms with Gasteiger partial charge in [0.1, 0.15) is 0 Å². The molecule has 0 aliphatic heterocycles. The van der Waals surface area contributed by atoms with Crippen LogP contribution in [0.4, 0.5) is 5.82 Å². The van der Waals surface area contributed by atoms with Crippen molar-refractivity contribution in [2.75, 3.05) is 0 Å². The van der Waals surface area contributed by atoms with E-state index in [-0.39, 0.29) is 12.4 Å². The first-order chi connectivity index (χ1) is 7.15. The second-order valence-corrected chi connectivity index (χ2v) is 3.22. The third-order valence-corrected chi connectivity index (χ3v) is 2.28. The highest BCUT2D eigenvalue weighted by Gasteiger charge is 2.22. The maximum Gasteiger partial charge on any atom is 0.390 e. The van der Waals surface area contributed by atoms with Gasteiger partial charge < -0.3 is 15.8 Å². The molecule has 78 valence electrons. The molecule has 0 radical (unpaired) electrons. The van der Waals surface area contributed by atoms with Crippen molar-refractivity contribution in [3.05, 3.63) is 39.8 Å². The van der Waals surface area contributed by atoms with Crippen LogP contribution >= 0.6 is 0 Å². The van der Waals surface area contributed by atoms with E-state index in [4.69, 9.17) is 5.73 Å². The Labute approximate surface area is 85.5 Å². The van der Waals surface area contributed by atoms with Crippen molar-refractivity contribution < 1.29 is 4.92 Å². The summed E-state index contributed by atoms with van der Waals surface area (Å²) in [6, 6.07) is 3.62. The number of nitro groups is 1. The second kappa shape index (κ2) is 3.32. The molecule has 2 aromatic rings. The number of hydrogen-bond donors (Lipinski definition) is 1. The molecule has 15 heavy (non-hydrogen) atoms. The lowest BCUT2D eigenvalue weighted by Gasteiger charge is -1.97. The summed E-state index contributed by atoms with van der Waals surface area (Å²) < 4.78 is 1.66. The van der Waals surface area contributed by atoms with E-state index >= 15 is 0 Å². The van der Waals surface area contributed by atoms with Gasteiger partial charge in [-0.25, -0.2) is 0 Å². The molecule has 2 rings (SSSR count). The maximum atomic E-state index is 10.8. The number of aromatic nitrogens is 2. The fourth-order valence-electron chi connectivity index (χ4n) is 1.62. The normalized spacial score (nSPS) is 10.8. The molecule has 0 bridgehead atoms. The van der Waals surface area contributed by atoms with Gasteiger partial charge in [-0.15, -0.1) is 0 Å². The van der Waals surface area contributed by atoms with Gasteiger partial charge in [0, 0.05) is 6.20 Å². The van der Waals surface area contributed by atoms with Gasteiger partial charge in [0.2, 0.25) is 5.82 Å². The molecular formula is C9H10N4O2. The summed E-state index contributed by atoms with van der Waals surface area (Å²) in [7, 11) is 0. The molecule has 0 atom stereocenters. The zero-order valence-electron chi connectivity index (χ0n) is 8.17. The third-order valence-electron chi connectivity index (χ3n) is 2.28. The Morgan fingerprint density at radius 1 is 1.67 bits per heavy atom. The van der Waals surface area contributed by atoms with E-state index in [0.717, 1.165) is 5.56 Å². The fourth-order valence-corrected chi connectivity index (χ4v) is 1.62. The summed E-state index contributed by atoms with van der Waals surface area (Å²) in [6.45, 7) is 1.99. The van der Waals surface area contributed by atoms with Crippen molar-refractivity contribution in [3.8, 4) is 0 Å². The lowest BCUT2D eigenvalue weighted by Crippen LogP contribution is -2.02. The van der Waals surface area contributed by atoms with Gasteiger partial charge in [-0.05, 0) is 28.5 Å². The van der Waals surface area contributed by atoms with Gasteiger partial charge in [-0.2, -0.15) is 0 Å². The van der Waals surface area contributed by atoms with Crippen molar-refractivity contribution in [3.63, 3.8) is 0 Å². The molecular weight excluding hydrogens is 196 g/mol. The molecule has 0 spiro atoms. The summed E-state index contributed by atoms with van der Waals surface area (Å²) in [5, 5.41) is 10.8. The van der Waals surface area contributed by atoms with E-state index in [0.29, 0.717) is 11.3 Å². The summed E-state index contributed by atoms with van der Waals surface area (Å²) in [5.74, 6) is 0.369. The van der Waals surface area contributed by atoms with Crippen LogP contribution in [-0.4, -0.2) is 14.3 Å². The minimum absolute atomic E-state index is 0.131. The number of fused-ring (bicyclic) bond motifs is 1. The zero-order chi connectivity index (χ0) is 11.0. The minimum Gasteiger partial charge on any atom is -0.358 e. The van der Waals surface area contributed by atoms with Crippen LogP contribution in [0.5, 0.6) is 0 Å². The third kappa shape index (κ3) is 1.35. The molecule has 0 amide bonds. The Morgan fingerprint density at radius 2 is 2.40 bits per heavy atom. The maximum absolute atomic E-state index is 10.8. The van der Waals surface area contributed by atoms with Crippen LogP contribution in [0.3, 0.4) is 0 Å². The number of nitrogens with zero attached hydrogens (tertiary/aromatic N) is 3. The highest BCUT2D eigenvalue weighted by Crippen LogP contribution is 2.23. The molecule has 0 aliphatic rings. The molecule has 2 heterocycles. The van der Waals surface area contributed by atoms with Gasteiger partial charge >= 0.3 is 5.82 Å². The SMILES string of the molecule is Cc1cccn2c(CN)nc([N+](=O)[O-])c12. The first-order valence-corrected chi connectivity index (χ1v) is 4.46. The molecule has 6 nitrogen and oxygen atoms in total. The quantitative estimate of drug-likeness (QED) is 0.586. The van der Waals surface area contributed by atoms with Crippen molar-refractivity contribution in [1.29, 1.82) is 0 Å². The monoisotopic (exact) mass is 206 g/mol. The lowest BCUT2D eigenvalue weighted by atomic mass is 10.2. The van der Waals surface area contributed by atoms with Crippen LogP contribution in [0.15, 0.2) is 18.3 Å². The average molecular weight is 206 g/mol. The number of hydrogen-bond acceptors (Lipinski definition) is 4. The van der Waals surface area contributed by atoms with Crippen LogP contribution < -0.4 is 5.73 Å². The molecule has 0 aromatic carbocycles. The van der Waals surface area contributed by atoms with Gasteiger partial charge in [-0.3, -0.25) is 4.40 Å². The van der Waals surface area contributed by atoms with Crippen LogP contribution in [0.1, 0.15) is 11.4 Å². The molecule has 2 aromatic heterocycles. The average Bonchev–Trinajstić information content (AvgIpc) is 2.58. The zero-order valence-corrected chi connectivity index (χ0v) is 8.17. The Balaban J connectivity index is 2.88. The van der Waals surface area contributed by atoms with Gasteiger partial charge in [0.25, 0.3) is 0 Å². The lowest BCUT2D eigenvalue weighted by molar-refractivity contribution is -0.387. The Morgan fingerprint density at radius 3 is 3.00 bits per heavy atom. The van der Waals surface area contributed by atoms with Gasteiger partial charge in [0.15, 0.2) is 5.52 Å². The van der Waals surface area contributed by atoms with Crippen LogP contribution in [0, 0.1) is 17.0 Å². The van der Waals surface area contributed by atoms with Crippen molar-refractivity contribution in [1.82, 2.24) is 9.38 Å². The number of aryl methyl sites for hydroxylation is 1. The molecule has 0 aliphatic carbocycles. The van der Waals surface area contributed by atoms with E-state index < -0.39 is 4.92 Å². The predicted octanol–water partition coefficient (Wildman–Crippen LogP) is 1.01. The highest BCUT2D eigenvalue weighted by molar-refractivity contribution is 5.67. The van der Waals surface area contributed by atoms with E-state index in [1.807, 2.05) is 19.1 Å². The van der Waals surface area contributed by atoms with Crippen LogP contribution in [0.25, 0.3) is 5.52 Å². The predicted molar refractivity (Wildman–Crippen MR) is 54.5 cm³/mol. The molecule has 0 saturated heterocycles. The smallest absolute Gasteiger partial charge is 0.358 e. The van der Waals surface area contributed by atoms with Crippen LogP contribution in [0.2, 0.25) is 0 Å². The number of pyridine rings is 1. The van der Waals surface area contributed by atoms with Gasteiger partial charge in [0.05, 0.1) is 6.54 Å².